The predicted molar refractivity (Wildman–Crippen MR) is 93.6 cm³/mol. The third kappa shape index (κ3) is 3.94. The Labute approximate surface area is 149 Å². The molecule has 0 amide bonds. The molecule has 0 spiro atoms. The van der Waals surface area contributed by atoms with Crippen LogP contribution in [0, 0.1) is 6.92 Å². The topological polar surface area (TPSA) is 78.0 Å². The van der Waals surface area contributed by atoms with Gasteiger partial charge in [-0.2, -0.15) is 13.2 Å². The summed E-state index contributed by atoms with van der Waals surface area (Å²) in [5.74, 6) is -1.08. The van der Waals surface area contributed by atoms with Crippen molar-refractivity contribution in [1.82, 2.24) is 9.97 Å². The van der Waals surface area contributed by atoms with E-state index < -0.39 is 23.3 Å². The van der Waals surface area contributed by atoms with Crippen LogP contribution < -0.4 is 4.72 Å². The minimum Gasteiger partial charge on any atom is -0.334 e. The van der Waals surface area contributed by atoms with Gasteiger partial charge in [0, 0.05) is 16.8 Å². The van der Waals surface area contributed by atoms with E-state index in [0.717, 1.165) is 5.56 Å². The summed E-state index contributed by atoms with van der Waals surface area (Å²) in [7, 11) is 0. The number of nitrogens with one attached hydrogen (secondary N) is 2. The van der Waals surface area contributed by atoms with E-state index in [1.807, 2.05) is 13.0 Å². The van der Waals surface area contributed by atoms with Crippen LogP contribution in [0.25, 0.3) is 22.5 Å². The van der Waals surface area contributed by atoms with E-state index in [9.17, 15) is 17.4 Å². The lowest BCUT2D eigenvalue weighted by atomic mass is 10.0. The van der Waals surface area contributed by atoms with Crippen LogP contribution in [0.1, 0.15) is 11.4 Å². The van der Waals surface area contributed by atoms with Crippen LogP contribution in [-0.2, 0) is 17.4 Å². The highest BCUT2D eigenvalue weighted by atomic mass is 32.2. The predicted octanol–water partition coefficient (Wildman–Crippen LogP) is 4.62. The second-order valence-corrected chi connectivity index (χ2v) is 6.31. The van der Waals surface area contributed by atoms with Crippen molar-refractivity contribution in [2.75, 3.05) is 4.72 Å². The second-order valence-electron chi connectivity index (χ2n) is 5.60. The van der Waals surface area contributed by atoms with E-state index >= 15 is 0 Å². The van der Waals surface area contributed by atoms with Gasteiger partial charge in [-0.05, 0) is 25.1 Å². The van der Waals surface area contributed by atoms with E-state index in [4.69, 9.17) is 4.55 Å². The fourth-order valence-electron chi connectivity index (χ4n) is 2.52. The molecule has 0 saturated carbocycles. The van der Waals surface area contributed by atoms with Gasteiger partial charge in [-0.1, -0.05) is 35.9 Å². The molecule has 26 heavy (non-hydrogen) atoms. The Hall–Kier alpha value is -2.65. The lowest BCUT2D eigenvalue weighted by Gasteiger charge is -2.06. The summed E-state index contributed by atoms with van der Waals surface area (Å²) in [6, 6.07) is 13.1. The van der Waals surface area contributed by atoms with Gasteiger partial charge in [-0.25, -0.2) is 9.19 Å². The SMILES string of the molecule is Cc1cccc(-c2nc(C(F)(F)F)[nH]c2-c2ccc(NS(=O)O)cc2)c1. The fourth-order valence-corrected chi connectivity index (χ4v) is 2.86. The molecule has 0 fully saturated rings. The average Bonchev–Trinajstić information content (AvgIpc) is 3.00. The van der Waals surface area contributed by atoms with E-state index in [-0.39, 0.29) is 11.4 Å². The molecule has 0 saturated heterocycles. The maximum Gasteiger partial charge on any atom is 0.449 e. The Morgan fingerprint density at radius 1 is 1.12 bits per heavy atom. The summed E-state index contributed by atoms with van der Waals surface area (Å²) in [4.78, 5) is 6.11. The molecule has 1 atom stereocenters. The molecule has 3 rings (SSSR count). The van der Waals surface area contributed by atoms with E-state index in [0.29, 0.717) is 16.8 Å². The third-order valence-electron chi connectivity index (χ3n) is 3.64. The van der Waals surface area contributed by atoms with Crippen LogP contribution >= 0.6 is 0 Å². The molecule has 1 heterocycles. The van der Waals surface area contributed by atoms with E-state index in [2.05, 4.69) is 14.7 Å². The number of imidazole rings is 1. The summed E-state index contributed by atoms with van der Waals surface area (Å²) in [6.45, 7) is 1.84. The molecule has 0 aliphatic rings. The highest BCUT2D eigenvalue weighted by Crippen LogP contribution is 2.36. The number of rotatable bonds is 4. The van der Waals surface area contributed by atoms with Gasteiger partial charge in [0.1, 0.15) is 0 Å². The number of hydrogen-bond acceptors (Lipinski definition) is 2. The number of H-pyrrole nitrogens is 1. The molecule has 136 valence electrons. The normalized spacial score (nSPS) is 12.8. The number of benzene rings is 2. The molecule has 1 unspecified atom stereocenters. The van der Waals surface area contributed by atoms with Crippen molar-refractivity contribution in [2.45, 2.75) is 13.1 Å². The van der Waals surface area contributed by atoms with E-state index in [1.165, 1.54) is 12.1 Å². The van der Waals surface area contributed by atoms with Crippen molar-refractivity contribution in [3.8, 4) is 22.5 Å². The van der Waals surface area contributed by atoms with Crippen LogP contribution in [-0.4, -0.2) is 18.7 Å². The number of aromatic nitrogens is 2. The number of aromatic amines is 1. The molecule has 2 aromatic carbocycles. The van der Waals surface area contributed by atoms with Gasteiger partial charge in [-0.15, -0.1) is 0 Å². The first-order valence-electron chi connectivity index (χ1n) is 7.46. The quantitative estimate of drug-likeness (QED) is 0.577. The largest absolute Gasteiger partial charge is 0.449 e. The van der Waals surface area contributed by atoms with Crippen molar-refractivity contribution in [2.24, 2.45) is 0 Å². The number of halogens is 3. The van der Waals surface area contributed by atoms with Gasteiger partial charge in [0.15, 0.2) is 0 Å². The van der Waals surface area contributed by atoms with Gasteiger partial charge in [0.05, 0.1) is 11.4 Å². The monoisotopic (exact) mass is 381 g/mol. The molecule has 5 nitrogen and oxygen atoms in total. The maximum absolute atomic E-state index is 13.1. The zero-order chi connectivity index (χ0) is 18.9. The van der Waals surface area contributed by atoms with Crippen molar-refractivity contribution in [1.29, 1.82) is 0 Å². The molecule has 0 aliphatic heterocycles. The molecular weight excluding hydrogens is 367 g/mol. The molecule has 3 aromatic rings. The summed E-state index contributed by atoms with van der Waals surface area (Å²) < 4.78 is 61.3. The Kier molecular flexibility index (Phi) is 4.84. The summed E-state index contributed by atoms with van der Waals surface area (Å²) >= 11 is -2.23. The lowest BCUT2D eigenvalue weighted by Crippen LogP contribution is -2.07. The number of aryl methyl sites for hydroxylation is 1. The van der Waals surface area contributed by atoms with Gasteiger partial charge in [0.25, 0.3) is 11.3 Å². The van der Waals surface area contributed by atoms with Crippen molar-refractivity contribution in [3.05, 3.63) is 59.9 Å². The van der Waals surface area contributed by atoms with E-state index in [1.54, 1.807) is 30.3 Å². The minimum atomic E-state index is -4.61. The Bertz CT molecular complexity index is 953. The molecule has 0 aliphatic carbocycles. The lowest BCUT2D eigenvalue weighted by molar-refractivity contribution is -0.144. The van der Waals surface area contributed by atoms with Crippen molar-refractivity contribution in [3.63, 3.8) is 0 Å². The number of hydrogen-bond donors (Lipinski definition) is 3. The minimum absolute atomic E-state index is 0.187. The Morgan fingerprint density at radius 2 is 1.81 bits per heavy atom. The third-order valence-corrected chi connectivity index (χ3v) is 4.05. The first kappa shape index (κ1) is 18.2. The standard InChI is InChI=1S/C17H14F3N3O2S/c1-10-3-2-4-12(9-10)15-14(21-16(22-15)17(18,19)20)11-5-7-13(8-6-11)23-26(24)25/h2-9,23H,1H3,(H,21,22)(H,24,25). The zero-order valence-electron chi connectivity index (χ0n) is 13.5. The number of nitrogens with zero attached hydrogens (tertiary/aromatic N) is 1. The van der Waals surface area contributed by atoms with Gasteiger partial charge in [-0.3, -0.25) is 9.27 Å². The molecule has 1 aromatic heterocycles. The highest BCUT2D eigenvalue weighted by molar-refractivity contribution is 7.80. The average molecular weight is 381 g/mol. The van der Waals surface area contributed by atoms with Crippen molar-refractivity contribution < 1.29 is 21.9 Å². The summed E-state index contributed by atoms with van der Waals surface area (Å²) in [5.41, 5.74) is 2.70. The summed E-state index contributed by atoms with van der Waals surface area (Å²) in [6.07, 6.45) is -4.61. The molecular formula is C17H14F3N3O2S. The van der Waals surface area contributed by atoms with Crippen LogP contribution in [0.5, 0.6) is 0 Å². The maximum atomic E-state index is 13.1. The Balaban J connectivity index is 2.10. The number of alkyl halides is 3. The van der Waals surface area contributed by atoms with Crippen LogP contribution in [0.15, 0.2) is 48.5 Å². The smallest absolute Gasteiger partial charge is 0.334 e. The number of anilines is 1. The molecule has 3 N–H and O–H groups in total. The first-order valence-corrected chi connectivity index (χ1v) is 8.57. The summed E-state index contributed by atoms with van der Waals surface area (Å²) in [5, 5.41) is 0. The molecule has 0 bridgehead atoms. The van der Waals surface area contributed by atoms with Gasteiger partial charge in [0.2, 0.25) is 5.82 Å². The van der Waals surface area contributed by atoms with Crippen LogP contribution in [0.2, 0.25) is 0 Å². The Morgan fingerprint density at radius 3 is 2.38 bits per heavy atom. The molecule has 0 radical (unpaired) electrons. The highest BCUT2D eigenvalue weighted by Gasteiger charge is 2.36. The molecule has 9 heteroatoms. The second kappa shape index (κ2) is 6.93. The first-order chi connectivity index (χ1) is 12.2. The van der Waals surface area contributed by atoms with Gasteiger partial charge < -0.3 is 4.98 Å². The fraction of sp³-hybridized carbons (Fsp3) is 0.118. The van der Waals surface area contributed by atoms with Crippen LogP contribution in [0.4, 0.5) is 18.9 Å². The zero-order valence-corrected chi connectivity index (χ0v) is 14.3. The van der Waals surface area contributed by atoms with Gasteiger partial charge >= 0.3 is 6.18 Å². The van der Waals surface area contributed by atoms with Crippen molar-refractivity contribution >= 4 is 17.0 Å². The van der Waals surface area contributed by atoms with Crippen LogP contribution in [0.3, 0.4) is 0 Å².